The maximum atomic E-state index is 15.1. The van der Waals surface area contributed by atoms with E-state index < -0.39 is 23.8 Å². The summed E-state index contributed by atoms with van der Waals surface area (Å²) in [4.78, 5) is 29.9. The van der Waals surface area contributed by atoms with Gasteiger partial charge in [0.05, 0.1) is 5.69 Å². The Hall–Kier alpha value is -4.36. The number of urea groups is 1. The van der Waals surface area contributed by atoms with E-state index in [1.807, 2.05) is 42.5 Å². The molecule has 2 heterocycles. The Labute approximate surface area is 219 Å². The normalized spacial score (nSPS) is 16.4. The van der Waals surface area contributed by atoms with Gasteiger partial charge in [0, 0.05) is 47.3 Å². The van der Waals surface area contributed by atoms with Crippen LogP contribution in [0.3, 0.4) is 0 Å². The minimum absolute atomic E-state index is 0.0350. The molecule has 1 atom stereocenters. The Morgan fingerprint density at radius 1 is 0.973 bits per heavy atom. The molecule has 2 aliphatic heterocycles. The lowest BCUT2D eigenvalue weighted by atomic mass is 9.93. The number of rotatable bonds is 4. The van der Waals surface area contributed by atoms with Crippen LogP contribution in [-0.2, 0) is 17.8 Å². The number of nitrogens with one attached hydrogen (secondary N) is 2. The minimum atomic E-state index is -0.837. The van der Waals surface area contributed by atoms with E-state index in [2.05, 4.69) is 17.2 Å². The van der Waals surface area contributed by atoms with E-state index in [-0.39, 0.29) is 12.2 Å². The number of nitrogens with zero attached hydrogens (tertiary/aromatic N) is 2. The molecule has 186 valence electrons. The molecule has 0 spiro atoms. The van der Waals surface area contributed by atoms with Crippen LogP contribution >= 0.6 is 11.6 Å². The highest BCUT2D eigenvalue weighted by atomic mass is 35.5. The number of anilines is 3. The standard InChI is InChI=1S/C29H24ClFN4O2/c1-19-6-4-5-15-34(19)24-13-14-26(25(31)17-24)33-28(36)27-16-20-7-2-3-8-21(20)18-35(27)29(37)32-23-11-9-22(30)10-12-23/h2-15,17,27H,1,16,18H2,(H,32,37)(H,33,36)/t27-/m0/s1. The van der Waals surface area contributed by atoms with Crippen molar-refractivity contribution in [2.45, 2.75) is 19.0 Å². The summed E-state index contributed by atoms with van der Waals surface area (Å²) >= 11 is 5.95. The second-order valence-corrected chi connectivity index (χ2v) is 9.21. The van der Waals surface area contributed by atoms with Crippen LogP contribution in [0, 0.1) is 5.82 Å². The summed E-state index contributed by atoms with van der Waals surface area (Å²) in [5.74, 6) is -1.06. The molecule has 37 heavy (non-hydrogen) atoms. The number of hydrogen-bond acceptors (Lipinski definition) is 3. The summed E-state index contributed by atoms with van der Waals surface area (Å²) in [6, 6.07) is 17.7. The topological polar surface area (TPSA) is 64.7 Å². The van der Waals surface area contributed by atoms with Gasteiger partial charge in [-0.1, -0.05) is 48.5 Å². The summed E-state index contributed by atoms with van der Waals surface area (Å²) in [7, 11) is 0. The van der Waals surface area contributed by atoms with Crippen molar-refractivity contribution in [1.29, 1.82) is 0 Å². The smallest absolute Gasteiger partial charge is 0.322 e. The van der Waals surface area contributed by atoms with E-state index in [9.17, 15) is 9.59 Å². The molecule has 3 aromatic rings. The van der Waals surface area contributed by atoms with Gasteiger partial charge in [0.15, 0.2) is 0 Å². The monoisotopic (exact) mass is 514 g/mol. The van der Waals surface area contributed by atoms with Crippen LogP contribution in [0.4, 0.5) is 26.2 Å². The van der Waals surface area contributed by atoms with Crippen molar-refractivity contribution in [3.05, 3.63) is 125 Å². The highest BCUT2D eigenvalue weighted by Crippen LogP contribution is 2.29. The summed E-state index contributed by atoms with van der Waals surface area (Å²) in [5, 5.41) is 6.06. The van der Waals surface area contributed by atoms with Gasteiger partial charge in [-0.25, -0.2) is 9.18 Å². The van der Waals surface area contributed by atoms with Crippen LogP contribution in [0.25, 0.3) is 0 Å². The van der Waals surface area contributed by atoms with Crippen molar-refractivity contribution in [2.75, 3.05) is 15.5 Å². The molecule has 5 rings (SSSR count). The van der Waals surface area contributed by atoms with Crippen LogP contribution in [0.5, 0.6) is 0 Å². The number of carbonyl (C=O) groups excluding carboxylic acids is 2. The highest BCUT2D eigenvalue weighted by Gasteiger charge is 2.35. The molecule has 0 radical (unpaired) electrons. The molecule has 3 amide bonds. The van der Waals surface area contributed by atoms with E-state index in [0.29, 0.717) is 28.5 Å². The Balaban J connectivity index is 1.37. The second kappa shape index (κ2) is 10.3. The molecular weight excluding hydrogens is 491 g/mol. The van der Waals surface area contributed by atoms with Crippen molar-refractivity contribution in [1.82, 2.24) is 4.90 Å². The van der Waals surface area contributed by atoms with Crippen molar-refractivity contribution in [2.24, 2.45) is 0 Å². The molecular formula is C29H24ClFN4O2. The predicted octanol–water partition coefficient (Wildman–Crippen LogP) is 6.48. The largest absolute Gasteiger partial charge is 0.322 e. The summed E-state index contributed by atoms with van der Waals surface area (Å²) in [6.45, 7) is 4.20. The van der Waals surface area contributed by atoms with Gasteiger partial charge < -0.3 is 20.4 Å². The average molecular weight is 515 g/mol. The second-order valence-electron chi connectivity index (χ2n) is 8.77. The molecule has 0 saturated carbocycles. The van der Waals surface area contributed by atoms with Gasteiger partial charge in [0.1, 0.15) is 11.9 Å². The lowest BCUT2D eigenvalue weighted by Crippen LogP contribution is -2.52. The molecule has 0 aromatic heterocycles. The zero-order valence-electron chi connectivity index (χ0n) is 19.8. The van der Waals surface area contributed by atoms with Gasteiger partial charge in [-0.2, -0.15) is 0 Å². The fourth-order valence-corrected chi connectivity index (χ4v) is 4.53. The van der Waals surface area contributed by atoms with Gasteiger partial charge >= 0.3 is 6.03 Å². The van der Waals surface area contributed by atoms with Crippen LogP contribution in [0.15, 0.2) is 103 Å². The Bertz CT molecular complexity index is 1430. The third kappa shape index (κ3) is 5.27. The average Bonchev–Trinajstić information content (AvgIpc) is 2.90. The SMILES string of the molecule is C=C1C=CC=CN1c1ccc(NC(=O)[C@@H]2Cc3ccccc3CN2C(=O)Nc2ccc(Cl)cc2)c(F)c1. The third-order valence-electron chi connectivity index (χ3n) is 6.34. The van der Waals surface area contributed by atoms with E-state index >= 15 is 4.39 Å². The van der Waals surface area contributed by atoms with Gasteiger partial charge in [-0.15, -0.1) is 0 Å². The third-order valence-corrected chi connectivity index (χ3v) is 6.59. The first-order valence-electron chi connectivity index (χ1n) is 11.7. The number of fused-ring (bicyclic) bond motifs is 1. The van der Waals surface area contributed by atoms with Crippen LogP contribution < -0.4 is 15.5 Å². The minimum Gasteiger partial charge on any atom is -0.322 e. The Morgan fingerprint density at radius 2 is 1.73 bits per heavy atom. The summed E-state index contributed by atoms with van der Waals surface area (Å²) in [5.41, 5.74) is 3.79. The zero-order valence-corrected chi connectivity index (χ0v) is 20.6. The highest BCUT2D eigenvalue weighted by molar-refractivity contribution is 6.30. The molecule has 0 fully saturated rings. The first kappa shape index (κ1) is 24.3. The fourth-order valence-electron chi connectivity index (χ4n) is 4.40. The molecule has 0 saturated heterocycles. The molecule has 0 unspecified atom stereocenters. The van der Waals surface area contributed by atoms with Crippen LogP contribution in [0.1, 0.15) is 11.1 Å². The number of halogens is 2. The van der Waals surface area contributed by atoms with Crippen molar-refractivity contribution in [3.8, 4) is 0 Å². The lowest BCUT2D eigenvalue weighted by Gasteiger charge is -2.36. The van der Waals surface area contributed by atoms with Crippen molar-refractivity contribution in [3.63, 3.8) is 0 Å². The fraction of sp³-hybridized carbons (Fsp3) is 0.103. The van der Waals surface area contributed by atoms with Gasteiger partial charge in [-0.05, 0) is 59.7 Å². The molecule has 0 aliphatic carbocycles. The van der Waals surface area contributed by atoms with Crippen molar-refractivity contribution >= 4 is 40.6 Å². The van der Waals surface area contributed by atoms with Crippen LogP contribution in [0.2, 0.25) is 5.02 Å². The number of hydrogen-bond donors (Lipinski definition) is 2. The predicted molar refractivity (Wildman–Crippen MR) is 145 cm³/mol. The number of amides is 3. The molecule has 3 aromatic carbocycles. The summed E-state index contributed by atoms with van der Waals surface area (Å²) in [6.07, 6.45) is 7.58. The first-order chi connectivity index (χ1) is 17.9. The Morgan fingerprint density at radius 3 is 2.46 bits per heavy atom. The van der Waals surface area contributed by atoms with Crippen molar-refractivity contribution < 1.29 is 14.0 Å². The summed E-state index contributed by atoms with van der Waals surface area (Å²) < 4.78 is 15.1. The van der Waals surface area contributed by atoms with E-state index in [4.69, 9.17) is 11.6 Å². The number of benzene rings is 3. The Kier molecular flexibility index (Phi) is 6.79. The van der Waals surface area contributed by atoms with E-state index in [1.165, 1.54) is 17.0 Å². The van der Waals surface area contributed by atoms with Gasteiger partial charge in [0.2, 0.25) is 5.91 Å². The lowest BCUT2D eigenvalue weighted by molar-refractivity contribution is -0.120. The maximum absolute atomic E-state index is 15.1. The van der Waals surface area contributed by atoms with Gasteiger partial charge in [0.25, 0.3) is 0 Å². The molecule has 2 N–H and O–H groups in total. The van der Waals surface area contributed by atoms with E-state index in [0.717, 1.165) is 11.1 Å². The molecule has 8 heteroatoms. The van der Waals surface area contributed by atoms with Gasteiger partial charge in [-0.3, -0.25) is 4.79 Å². The number of allylic oxidation sites excluding steroid dienone is 3. The van der Waals surface area contributed by atoms with E-state index in [1.54, 1.807) is 41.4 Å². The first-order valence-corrected chi connectivity index (χ1v) is 12.1. The number of carbonyl (C=O) groups is 2. The quantitative estimate of drug-likeness (QED) is 0.419. The zero-order chi connectivity index (χ0) is 25.9. The molecule has 2 aliphatic rings. The molecule has 0 bridgehead atoms. The van der Waals surface area contributed by atoms with Crippen LogP contribution in [-0.4, -0.2) is 22.9 Å². The molecule has 6 nitrogen and oxygen atoms in total. The maximum Gasteiger partial charge on any atom is 0.322 e.